The Morgan fingerprint density at radius 1 is 0.812 bits per heavy atom. The van der Waals surface area contributed by atoms with Crippen molar-refractivity contribution in [1.82, 2.24) is 9.80 Å². The molecular weight excluding hydrogens is 400 g/mol. The fourth-order valence-electron chi connectivity index (χ4n) is 3.89. The van der Waals surface area contributed by atoms with E-state index in [9.17, 15) is 9.59 Å². The van der Waals surface area contributed by atoms with Gasteiger partial charge in [-0.2, -0.15) is 0 Å². The lowest BCUT2D eigenvalue weighted by Crippen LogP contribution is -2.33. The van der Waals surface area contributed by atoms with Crippen LogP contribution in [0.1, 0.15) is 22.3 Å². The van der Waals surface area contributed by atoms with Crippen LogP contribution in [0.15, 0.2) is 84.6 Å². The van der Waals surface area contributed by atoms with Crippen molar-refractivity contribution in [2.24, 2.45) is 0 Å². The minimum Gasteiger partial charge on any atom is -0.497 e. The second-order valence-corrected chi connectivity index (χ2v) is 7.98. The molecule has 0 radical (unpaired) electrons. The van der Waals surface area contributed by atoms with E-state index in [4.69, 9.17) is 4.74 Å². The molecule has 5 nitrogen and oxygen atoms in total. The van der Waals surface area contributed by atoms with Gasteiger partial charge in [-0.3, -0.25) is 14.5 Å². The number of rotatable bonds is 7. The Balaban J connectivity index is 1.71. The summed E-state index contributed by atoms with van der Waals surface area (Å²) in [6, 6.07) is 25.0. The second kappa shape index (κ2) is 9.10. The van der Waals surface area contributed by atoms with Gasteiger partial charge in [-0.25, -0.2) is 0 Å². The van der Waals surface area contributed by atoms with Crippen molar-refractivity contribution < 1.29 is 14.3 Å². The largest absolute Gasteiger partial charge is 0.497 e. The summed E-state index contributed by atoms with van der Waals surface area (Å²) in [5.41, 5.74) is 4.64. The van der Waals surface area contributed by atoms with E-state index in [2.05, 4.69) is 0 Å². The predicted octanol–water partition coefficient (Wildman–Crippen LogP) is 4.42. The Labute approximate surface area is 188 Å². The number of hydrogen-bond acceptors (Lipinski definition) is 4. The highest BCUT2D eigenvalue weighted by atomic mass is 16.5. The van der Waals surface area contributed by atoms with Crippen LogP contribution >= 0.6 is 0 Å². The molecule has 0 aromatic heterocycles. The van der Waals surface area contributed by atoms with Crippen LogP contribution in [0.5, 0.6) is 5.75 Å². The number of carbonyl (C=O) groups is 2. The van der Waals surface area contributed by atoms with Gasteiger partial charge in [0.2, 0.25) is 0 Å². The number of nitrogens with zero attached hydrogens (tertiary/aromatic N) is 2. The number of benzene rings is 3. The first-order valence-corrected chi connectivity index (χ1v) is 10.5. The van der Waals surface area contributed by atoms with Crippen LogP contribution in [-0.4, -0.2) is 35.8 Å². The van der Waals surface area contributed by atoms with Crippen LogP contribution < -0.4 is 4.74 Å². The minimum atomic E-state index is -0.282. The van der Waals surface area contributed by atoms with Gasteiger partial charge in [0.25, 0.3) is 11.8 Å². The van der Waals surface area contributed by atoms with Crippen LogP contribution in [0, 0.1) is 6.92 Å². The van der Waals surface area contributed by atoms with Crippen LogP contribution in [0.4, 0.5) is 0 Å². The van der Waals surface area contributed by atoms with Gasteiger partial charge >= 0.3 is 0 Å². The van der Waals surface area contributed by atoms with E-state index >= 15 is 0 Å². The molecule has 3 aromatic rings. The highest BCUT2D eigenvalue weighted by Gasteiger charge is 2.40. The third-order valence-corrected chi connectivity index (χ3v) is 5.63. The lowest BCUT2D eigenvalue weighted by Gasteiger charge is -2.21. The predicted molar refractivity (Wildman–Crippen MR) is 125 cm³/mol. The highest BCUT2D eigenvalue weighted by Crippen LogP contribution is 2.33. The van der Waals surface area contributed by atoms with Crippen molar-refractivity contribution in [3.05, 3.63) is 107 Å². The zero-order valence-corrected chi connectivity index (χ0v) is 18.5. The van der Waals surface area contributed by atoms with Crippen LogP contribution in [-0.2, 0) is 22.7 Å². The average molecular weight is 427 g/mol. The van der Waals surface area contributed by atoms with Crippen LogP contribution in [0.2, 0.25) is 0 Å². The lowest BCUT2D eigenvalue weighted by atomic mass is 10.0. The Kier molecular flexibility index (Phi) is 6.08. The summed E-state index contributed by atoms with van der Waals surface area (Å²) in [7, 11) is 3.45. The van der Waals surface area contributed by atoms with Crippen molar-refractivity contribution >= 4 is 17.4 Å². The molecule has 0 N–H and O–H groups in total. The third-order valence-electron chi connectivity index (χ3n) is 5.63. The van der Waals surface area contributed by atoms with Crippen molar-refractivity contribution in [3.63, 3.8) is 0 Å². The molecule has 4 rings (SSSR count). The van der Waals surface area contributed by atoms with E-state index in [1.54, 1.807) is 19.2 Å². The lowest BCUT2D eigenvalue weighted by molar-refractivity contribution is -0.138. The molecule has 0 aliphatic carbocycles. The molecule has 1 heterocycles. The zero-order chi connectivity index (χ0) is 22.7. The van der Waals surface area contributed by atoms with Crippen molar-refractivity contribution in [1.29, 1.82) is 0 Å². The van der Waals surface area contributed by atoms with Crippen LogP contribution in [0.3, 0.4) is 0 Å². The number of amides is 2. The molecule has 0 saturated heterocycles. The first-order chi connectivity index (χ1) is 15.5. The Bertz CT molecular complexity index is 1150. The van der Waals surface area contributed by atoms with E-state index < -0.39 is 0 Å². The molecule has 2 amide bonds. The van der Waals surface area contributed by atoms with Gasteiger partial charge in [0.15, 0.2) is 0 Å². The normalized spacial score (nSPS) is 13.7. The highest BCUT2D eigenvalue weighted by molar-refractivity contribution is 6.35. The Hall–Kier alpha value is -3.86. The molecule has 32 heavy (non-hydrogen) atoms. The van der Waals surface area contributed by atoms with E-state index in [1.165, 1.54) is 4.90 Å². The number of hydrogen-bond donors (Lipinski definition) is 0. The number of likely N-dealkylation sites (N-methyl/N-ethyl adjacent to an activating group) is 1. The molecule has 1 aliphatic heterocycles. The summed E-state index contributed by atoms with van der Waals surface area (Å²) in [5, 5.41) is 0. The molecule has 0 atom stereocenters. The van der Waals surface area contributed by atoms with E-state index in [-0.39, 0.29) is 18.4 Å². The first-order valence-electron chi connectivity index (χ1n) is 10.5. The second-order valence-electron chi connectivity index (χ2n) is 7.98. The monoisotopic (exact) mass is 426 g/mol. The van der Waals surface area contributed by atoms with Crippen molar-refractivity contribution in [2.75, 3.05) is 14.2 Å². The summed E-state index contributed by atoms with van der Waals surface area (Å²) < 4.78 is 5.25. The van der Waals surface area contributed by atoms with Crippen molar-refractivity contribution in [2.45, 2.75) is 20.0 Å². The average Bonchev–Trinajstić information content (AvgIpc) is 3.06. The molecule has 0 unspecified atom stereocenters. The smallest absolute Gasteiger partial charge is 0.278 e. The fraction of sp³-hybridized carbons (Fsp3) is 0.185. The molecular formula is C27H26N2O3. The molecule has 0 bridgehead atoms. The summed E-state index contributed by atoms with van der Waals surface area (Å²) in [6.45, 7) is 2.77. The zero-order valence-electron chi connectivity index (χ0n) is 18.5. The maximum absolute atomic E-state index is 13.5. The molecule has 1 aliphatic rings. The quantitative estimate of drug-likeness (QED) is 0.525. The molecule has 0 saturated carbocycles. The van der Waals surface area contributed by atoms with Gasteiger partial charge in [0.05, 0.1) is 19.2 Å². The summed E-state index contributed by atoms with van der Waals surface area (Å²) in [5.74, 6) is 0.136. The van der Waals surface area contributed by atoms with Gasteiger partial charge in [0.1, 0.15) is 11.4 Å². The molecule has 162 valence electrons. The van der Waals surface area contributed by atoms with Crippen LogP contribution in [0.25, 0.3) is 5.57 Å². The molecule has 0 spiro atoms. The SMILES string of the molecule is COc1ccc(C2=C(N(C)Cc3ccccc3)C(=O)N(Cc3ccc(C)cc3)C2=O)cc1. The molecule has 3 aromatic carbocycles. The number of aryl methyl sites for hydroxylation is 1. The van der Waals surface area contributed by atoms with E-state index in [0.29, 0.717) is 29.1 Å². The van der Waals surface area contributed by atoms with Gasteiger partial charge in [0, 0.05) is 13.6 Å². The van der Waals surface area contributed by atoms with Gasteiger partial charge in [-0.05, 0) is 35.7 Å². The number of methoxy groups -OCH3 is 1. The van der Waals surface area contributed by atoms with Gasteiger partial charge < -0.3 is 9.64 Å². The Morgan fingerprint density at radius 2 is 1.47 bits per heavy atom. The maximum Gasteiger partial charge on any atom is 0.278 e. The molecule has 0 fully saturated rings. The number of imide groups is 1. The summed E-state index contributed by atoms with van der Waals surface area (Å²) >= 11 is 0. The number of ether oxygens (including phenoxy) is 1. The first kappa shape index (κ1) is 21.4. The Morgan fingerprint density at radius 3 is 2.09 bits per heavy atom. The van der Waals surface area contributed by atoms with E-state index in [0.717, 1.165) is 16.7 Å². The molecule has 5 heteroatoms. The van der Waals surface area contributed by atoms with Gasteiger partial charge in [-0.15, -0.1) is 0 Å². The van der Waals surface area contributed by atoms with E-state index in [1.807, 2.05) is 85.6 Å². The minimum absolute atomic E-state index is 0.236. The third kappa shape index (κ3) is 4.28. The summed E-state index contributed by atoms with van der Waals surface area (Å²) in [6.07, 6.45) is 0. The van der Waals surface area contributed by atoms with Gasteiger partial charge in [-0.1, -0.05) is 72.3 Å². The number of carbonyl (C=O) groups excluding carboxylic acids is 2. The fourth-order valence-corrected chi connectivity index (χ4v) is 3.89. The topological polar surface area (TPSA) is 49.9 Å². The standard InChI is InChI=1S/C27H26N2O3/c1-19-9-11-21(12-10-19)18-29-26(30)24(22-13-15-23(32-3)16-14-22)25(27(29)31)28(2)17-20-7-5-4-6-8-20/h4-16H,17-18H2,1-3H3. The van der Waals surface area contributed by atoms with Crippen molar-refractivity contribution in [3.8, 4) is 5.75 Å². The summed E-state index contributed by atoms with van der Waals surface area (Å²) in [4.78, 5) is 30.2. The maximum atomic E-state index is 13.5.